The van der Waals surface area contributed by atoms with E-state index in [0.717, 1.165) is 33.2 Å². The Kier molecular flexibility index (Phi) is 3.86. The molecule has 2 N–H and O–H groups in total. The number of H-pyrrole nitrogens is 1. The highest BCUT2D eigenvalue weighted by Crippen LogP contribution is 2.22. The highest BCUT2D eigenvalue weighted by atomic mass is 32.1. The van der Waals surface area contributed by atoms with Gasteiger partial charge in [0.15, 0.2) is 0 Å². The standard InChI is InChI=1S/C20H16N2O2S/c1-12(13-6-3-2-4-7-13)17-11-15-14(8-5-9-16(15)21-17)10-18-19(23)22-20(24)25-18/h2-12,23H,1H3,(H,22,24). The van der Waals surface area contributed by atoms with Crippen LogP contribution in [0.25, 0.3) is 12.2 Å². The number of hydrogen-bond acceptors (Lipinski definition) is 4. The molecule has 0 bridgehead atoms. The normalized spacial score (nSPS) is 14.8. The summed E-state index contributed by atoms with van der Waals surface area (Å²) < 4.78 is 0. The molecule has 2 heterocycles. The van der Waals surface area contributed by atoms with Crippen LogP contribution in [0.2, 0.25) is 0 Å². The van der Waals surface area contributed by atoms with Crippen LogP contribution in [-0.4, -0.2) is 15.8 Å². The van der Waals surface area contributed by atoms with Gasteiger partial charge in [0.25, 0.3) is 0 Å². The van der Waals surface area contributed by atoms with Crippen LogP contribution in [-0.2, 0) is 0 Å². The Labute approximate surface area is 148 Å². The predicted octanol–water partition coefficient (Wildman–Crippen LogP) is 2.64. The second kappa shape index (κ2) is 6.18. The van der Waals surface area contributed by atoms with Gasteiger partial charge in [-0.25, -0.2) is 0 Å². The van der Waals surface area contributed by atoms with Crippen LogP contribution in [0.15, 0.2) is 58.3 Å². The molecule has 0 saturated heterocycles. The van der Waals surface area contributed by atoms with E-state index in [1.165, 1.54) is 5.56 Å². The van der Waals surface area contributed by atoms with Gasteiger partial charge in [-0.15, -0.1) is 0 Å². The van der Waals surface area contributed by atoms with Crippen LogP contribution < -0.4 is 15.3 Å². The van der Waals surface area contributed by atoms with Crippen LogP contribution >= 0.6 is 11.3 Å². The number of aliphatic imine (C=N–C) groups is 1. The first kappa shape index (κ1) is 15.6. The number of hydrogen-bond donors (Lipinski definition) is 2. The first-order chi connectivity index (χ1) is 12.1. The van der Waals surface area contributed by atoms with Gasteiger partial charge >= 0.3 is 4.87 Å². The van der Waals surface area contributed by atoms with E-state index in [9.17, 15) is 9.90 Å². The Morgan fingerprint density at radius 1 is 1.16 bits per heavy atom. The molecule has 0 radical (unpaired) electrons. The zero-order chi connectivity index (χ0) is 17.4. The monoisotopic (exact) mass is 348 g/mol. The van der Waals surface area contributed by atoms with Crippen LogP contribution in [0, 0.1) is 0 Å². The SMILES string of the molecule is CC(C1=Nc2cccc(=Cc3sc(=O)[nH]c3O)c2=C1)c1ccccc1. The van der Waals surface area contributed by atoms with E-state index >= 15 is 0 Å². The Morgan fingerprint density at radius 3 is 2.68 bits per heavy atom. The van der Waals surface area contributed by atoms with Crippen molar-refractivity contribution < 1.29 is 5.11 Å². The molecule has 1 aromatic heterocycles. The van der Waals surface area contributed by atoms with Gasteiger partial charge in [0, 0.05) is 16.8 Å². The third-order valence-corrected chi connectivity index (χ3v) is 5.16. The van der Waals surface area contributed by atoms with E-state index in [1.807, 2.05) is 42.5 Å². The average molecular weight is 348 g/mol. The maximum Gasteiger partial charge on any atom is 0.307 e. The number of fused-ring (bicyclic) bond motifs is 1. The third kappa shape index (κ3) is 2.94. The molecule has 4 rings (SSSR count). The van der Waals surface area contributed by atoms with E-state index in [0.29, 0.717) is 4.88 Å². The van der Waals surface area contributed by atoms with Crippen molar-refractivity contribution in [3.63, 3.8) is 0 Å². The molecule has 5 heteroatoms. The number of thiazole rings is 1. The molecular weight excluding hydrogens is 332 g/mol. The number of rotatable bonds is 3. The molecule has 1 aliphatic heterocycles. The fourth-order valence-corrected chi connectivity index (χ4v) is 3.66. The van der Waals surface area contributed by atoms with Gasteiger partial charge in [-0.05, 0) is 29.0 Å². The lowest BCUT2D eigenvalue weighted by molar-refractivity contribution is 0.455. The summed E-state index contributed by atoms with van der Waals surface area (Å²) in [5.74, 6) is 0.0996. The summed E-state index contributed by atoms with van der Waals surface area (Å²) in [5, 5.41) is 11.8. The van der Waals surface area contributed by atoms with Crippen molar-refractivity contribution in [2.45, 2.75) is 12.8 Å². The minimum Gasteiger partial charge on any atom is -0.493 e. The molecule has 1 atom stereocenters. The number of nitrogens with zero attached hydrogens (tertiary/aromatic N) is 1. The molecule has 0 aliphatic carbocycles. The first-order valence-electron chi connectivity index (χ1n) is 8.00. The van der Waals surface area contributed by atoms with E-state index in [4.69, 9.17) is 4.99 Å². The van der Waals surface area contributed by atoms with E-state index in [-0.39, 0.29) is 16.7 Å². The van der Waals surface area contributed by atoms with Crippen molar-refractivity contribution in [2.24, 2.45) is 4.99 Å². The maximum absolute atomic E-state index is 11.4. The average Bonchev–Trinajstić information content (AvgIpc) is 3.19. The second-order valence-electron chi connectivity index (χ2n) is 5.97. The Hall–Kier alpha value is -2.92. The second-order valence-corrected chi connectivity index (χ2v) is 6.98. The van der Waals surface area contributed by atoms with Crippen LogP contribution in [0.3, 0.4) is 0 Å². The maximum atomic E-state index is 11.4. The van der Waals surface area contributed by atoms with Gasteiger partial charge in [0.05, 0.1) is 10.6 Å². The van der Waals surface area contributed by atoms with Gasteiger partial charge in [-0.2, -0.15) is 0 Å². The van der Waals surface area contributed by atoms with Crippen molar-refractivity contribution in [2.75, 3.05) is 0 Å². The van der Waals surface area contributed by atoms with Gasteiger partial charge in [0.2, 0.25) is 5.88 Å². The summed E-state index contributed by atoms with van der Waals surface area (Å²) in [6, 6.07) is 16.2. The fourth-order valence-electron chi connectivity index (χ4n) is 2.98. The highest BCUT2D eigenvalue weighted by Gasteiger charge is 2.15. The van der Waals surface area contributed by atoms with E-state index in [2.05, 4.69) is 30.1 Å². The summed E-state index contributed by atoms with van der Waals surface area (Å²) in [4.78, 5) is 18.8. The number of aromatic nitrogens is 1. The predicted molar refractivity (Wildman–Crippen MR) is 102 cm³/mol. The Morgan fingerprint density at radius 2 is 1.96 bits per heavy atom. The molecule has 4 nitrogen and oxygen atoms in total. The highest BCUT2D eigenvalue weighted by molar-refractivity contribution is 7.10. The molecule has 0 spiro atoms. The van der Waals surface area contributed by atoms with Gasteiger partial charge in [-0.3, -0.25) is 14.8 Å². The van der Waals surface area contributed by atoms with Crippen molar-refractivity contribution in [3.05, 3.63) is 79.1 Å². The quantitative estimate of drug-likeness (QED) is 0.764. The minimum absolute atomic E-state index is 0.0932. The summed E-state index contributed by atoms with van der Waals surface area (Å²) >= 11 is 0.991. The van der Waals surface area contributed by atoms with Gasteiger partial charge in [0.1, 0.15) is 0 Å². The van der Waals surface area contributed by atoms with Gasteiger partial charge in [-0.1, -0.05) is 60.7 Å². The largest absolute Gasteiger partial charge is 0.493 e. The van der Waals surface area contributed by atoms with E-state index < -0.39 is 0 Å². The third-order valence-electron chi connectivity index (χ3n) is 4.34. The zero-order valence-corrected chi connectivity index (χ0v) is 14.4. The molecule has 3 aromatic rings. The molecular formula is C20H16N2O2S. The number of benzene rings is 2. The van der Waals surface area contributed by atoms with Gasteiger partial charge < -0.3 is 5.11 Å². The lowest BCUT2D eigenvalue weighted by atomic mass is 9.96. The lowest BCUT2D eigenvalue weighted by Gasteiger charge is -2.09. The molecule has 0 amide bonds. The van der Waals surface area contributed by atoms with E-state index in [1.54, 1.807) is 0 Å². The van der Waals surface area contributed by atoms with Crippen molar-refractivity contribution >= 4 is 34.9 Å². The Bertz CT molecular complexity index is 1140. The first-order valence-corrected chi connectivity index (χ1v) is 8.81. The molecule has 2 aromatic carbocycles. The molecule has 1 unspecified atom stereocenters. The zero-order valence-electron chi connectivity index (χ0n) is 13.6. The Balaban J connectivity index is 1.80. The van der Waals surface area contributed by atoms with Crippen molar-refractivity contribution in [3.8, 4) is 5.88 Å². The summed E-state index contributed by atoms with van der Waals surface area (Å²) in [6.45, 7) is 2.14. The fraction of sp³-hybridized carbons (Fsp3) is 0.100. The number of aromatic hydroxyl groups is 1. The lowest BCUT2D eigenvalue weighted by Crippen LogP contribution is -2.23. The van der Waals surface area contributed by atoms with Crippen molar-refractivity contribution in [1.29, 1.82) is 0 Å². The topological polar surface area (TPSA) is 65.5 Å². The molecule has 25 heavy (non-hydrogen) atoms. The minimum atomic E-state index is -0.269. The van der Waals surface area contributed by atoms with Crippen LogP contribution in [0.5, 0.6) is 5.88 Å². The molecule has 1 aliphatic rings. The molecule has 0 fully saturated rings. The molecule has 0 saturated carbocycles. The molecule has 124 valence electrons. The van der Waals surface area contributed by atoms with Crippen molar-refractivity contribution in [1.82, 2.24) is 4.98 Å². The summed E-state index contributed by atoms with van der Waals surface area (Å²) in [7, 11) is 0. The summed E-state index contributed by atoms with van der Waals surface area (Å²) in [6.07, 6.45) is 3.91. The number of aromatic amines is 1. The summed E-state index contributed by atoms with van der Waals surface area (Å²) in [5.41, 5.74) is 3.14. The smallest absolute Gasteiger partial charge is 0.307 e. The van der Waals surface area contributed by atoms with Crippen LogP contribution in [0.4, 0.5) is 5.69 Å². The van der Waals surface area contributed by atoms with Crippen LogP contribution in [0.1, 0.15) is 23.3 Å². The number of nitrogens with one attached hydrogen (secondary N) is 1.